The number of nitrogens with zero attached hydrogens (tertiary/aromatic N) is 1. The summed E-state index contributed by atoms with van der Waals surface area (Å²) in [5.74, 6) is -0.0131. The van der Waals surface area contributed by atoms with E-state index in [-0.39, 0.29) is 22.5 Å². The number of nitro groups is 1. The van der Waals surface area contributed by atoms with Crippen molar-refractivity contribution in [3.63, 3.8) is 0 Å². The Morgan fingerprint density at radius 3 is 2.25 bits per heavy atom. The van der Waals surface area contributed by atoms with E-state index in [2.05, 4.69) is 10.7 Å². The number of carbonyl (C=O) groups excluding carboxylic acids is 1. The summed E-state index contributed by atoms with van der Waals surface area (Å²) in [4.78, 5) is 25.3. The van der Waals surface area contributed by atoms with Gasteiger partial charge in [0.15, 0.2) is 11.5 Å². The van der Waals surface area contributed by atoms with Gasteiger partial charge in [-0.1, -0.05) is 6.07 Å². The summed E-state index contributed by atoms with van der Waals surface area (Å²) in [6.45, 7) is 5.87. The Labute approximate surface area is 231 Å². The van der Waals surface area contributed by atoms with E-state index in [0.29, 0.717) is 34.9 Å². The molecule has 0 bridgehead atoms. The van der Waals surface area contributed by atoms with Crippen LogP contribution in [0.1, 0.15) is 37.9 Å². The Kier molecular flexibility index (Phi) is 9.63. The topological polar surface area (TPSA) is 199 Å². The zero-order chi connectivity index (χ0) is 29.4. The van der Waals surface area contributed by atoms with Gasteiger partial charge >= 0.3 is 0 Å². The van der Waals surface area contributed by atoms with Crippen LogP contribution in [0, 0.1) is 15.5 Å². The molecule has 1 unspecified atom stereocenters. The molecule has 1 amide bonds. The van der Waals surface area contributed by atoms with Crippen molar-refractivity contribution in [2.75, 3.05) is 11.9 Å². The molecule has 0 saturated heterocycles. The van der Waals surface area contributed by atoms with Gasteiger partial charge in [-0.2, -0.15) is 0 Å². The number of amidine groups is 1. The second-order valence-electron chi connectivity index (χ2n) is 8.72. The third-order valence-electron chi connectivity index (χ3n) is 5.40. The van der Waals surface area contributed by atoms with Crippen LogP contribution in [0.4, 0.5) is 11.4 Å². The fourth-order valence-corrected chi connectivity index (χ4v) is 4.38. The van der Waals surface area contributed by atoms with Crippen molar-refractivity contribution >= 4 is 33.1 Å². The third kappa shape index (κ3) is 7.68. The number of hydrogen-bond donors (Lipinski definition) is 5. The summed E-state index contributed by atoms with van der Waals surface area (Å²) in [5.41, 5.74) is 8.86. The molecule has 0 aliphatic carbocycles. The van der Waals surface area contributed by atoms with Crippen LogP contribution in [0.15, 0.2) is 71.6 Å². The Bertz CT molecular complexity index is 1480. The van der Waals surface area contributed by atoms with E-state index in [0.717, 1.165) is 24.3 Å². The van der Waals surface area contributed by atoms with Crippen molar-refractivity contribution < 1.29 is 27.6 Å². The highest BCUT2D eigenvalue weighted by atomic mass is 32.2. The molecule has 40 heavy (non-hydrogen) atoms. The number of sulfonamides is 1. The summed E-state index contributed by atoms with van der Waals surface area (Å²) >= 11 is 0. The van der Waals surface area contributed by atoms with Crippen molar-refractivity contribution in [2.45, 2.75) is 37.8 Å². The van der Waals surface area contributed by atoms with Crippen LogP contribution in [0.3, 0.4) is 0 Å². The average Bonchev–Trinajstić information content (AvgIpc) is 2.91. The van der Waals surface area contributed by atoms with Crippen LogP contribution < -0.4 is 30.8 Å². The molecule has 14 heteroatoms. The van der Waals surface area contributed by atoms with Gasteiger partial charge in [0.1, 0.15) is 11.9 Å². The Morgan fingerprint density at radius 2 is 1.70 bits per heavy atom. The highest BCUT2D eigenvalue weighted by Crippen LogP contribution is 2.33. The molecular weight excluding hydrogens is 540 g/mol. The Hall–Kier alpha value is -4.69. The summed E-state index contributed by atoms with van der Waals surface area (Å²) in [5, 5.41) is 21.5. The maximum atomic E-state index is 13.4. The number of rotatable bonds is 13. The lowest BCUT2D eigenvalue weighted by Crippen LogP contribution is -2.45. The Balaban J connectivity index is 1.91. The molecule has 3 aromatic carbocycles. The van der Waals surface area contributed by atoms with Crippen LogP contribution in [-0.4, -0.2) is 37.8 Å². The second kappa shape index (κ2) is 12.9. The maximum Gasteiger partial charge on any atom is 0.269 e. The smallest absolute Gasteiger partial charge is 0.269 e. The SMILES string of the molecule is CCOc1cc(C(Nc2ccc(C(=N)N)cc2)C(=O)NNS(=O)(=O)c2ccc([N+](=O)[O-])cc2)ccc1OC(C)C. The van der Waals surface area contributed by atoms with E-state index in [9.17, 15) is 23.3 Å². The van der Waals surface area contributed by atoms with Crippen molar-refractivity contribution in [3.05, 3.63) is 88.0 Å². The van der Waals surface area contributed by atoms with E-state index in [1.54, 1.807) is 49.4 Å². The van der Waals surface area contributed by atoms with Gasteiger partial charge in [-0.15, -0.1) is 4.83 Å². The molecule has 0 aliphatic heterocycles. The zero-order valence-corrected chi connectivity index (χ0v) is 22.8. The fraction of sp³-hybridized carbons (Fsp3) is 0.231. The standard InChI is InChI=1S/C26H30N6O7S/c1-4-38-23-15-18(7-14-22(23)39-16(2)3)24(29-19-8-5-17(6-9-19)25(27)28)26(33)30-31-40(36,37)21-12-10-20(11-13-21)32(34)35/h5-16,24,29,31H,4H2,1-3H3,(H3,27,28)(H,30,33). The number of hydrazine groups is 1. The van der Waals surface area contributed by atoms with Gasteiger partial charge in [0, 0.05) is 23.4 Å². The molecule has 3 rings (SSSR count). The number of ether oxygens (including phenoxy) is 2. The lowest BCUT2D eigenvalue weighted by Gasteiger charge is -2.22. The largest absolute Gasteiger partial charge is 0.490 e. The van der Waals surface area contributed by atoms with Gasteiger partial charge in [0.2, 0.25) is 0 Å². The minimum atomic E-state index is -4.25. The molecular formula is C26H30N6O7S. The molecule has 6 N–H and O–H groups in total. The highest BCUT2D eigenvalue weighted by Gasteiger charge is 2.25. The lowest BCUT2D eigenvalue weighted by atomic mass is 10.0. The molecule has 13 nitrogen and oxygen atoms in total. The number of amides is 1. The molecule has 3 aromatic rings. The number of carbonyl (C=O) groups is 1. The van der Waals surface area contributed by atoms with Crippen LogP contribution >= 0.6 is 0 Å². The van der Waals surface area contributed by atoms with E-state index in [1.807, 2.05) is 18.7 Å². The quantitative estimate of drug-likeness (QED) is 0.0886. The number of hydrogen-bond acceptors (Lipinski definition) is 9. The number of anilines is 1. The first-order valence-corrected chi connectivity index (χ1v) is 13.6. The first-order chi connectivity index (χ1) is 18.9. The van der Waals surface area contributed by atoms with Crippen molar-refractivity contribution in [1.29, 1.82) is 5.41 Å². The van der Waals surface area contributed by atoms with Gasteiger partial charge in [0.25, 0.3) is 21.6 Å². The minimum Gasteiger partial charge on any atom is -0.490 e. The summed E-state index contributed by atoms with van der Waals surface area (Å²) in [6, 6.07) is 14.4. The van der Waals surface area contributed by atoms with Crippen molar-refractivity contribution in [1.82, 2.24) is 10.3 Å². The number of nitrogens with one attached hydrogen (secondary N) is 4. The number of nitrogen functional groups attached to an aromatic ring is 1. The first kappa shape index (κ1) is 29.9. The predicted octanol–water partition coefficient (Wildman–Crippen LogP) is 3.23. The second-order valence-corrected chi connectivity index (χ2v) is 10.4. The number of benzene rings is 3. The molecule has 0 saturated carbocycles. The van der Waals surface area contributed by atoms with Crippen LogP contribution in [0.5, 0.6) is 11.5 Å². The van der Waals surface area contributed by atoms with Crippen LogP contribution in [-0.2, 0) is 14.8 Å². The van der Waals surface area contributed by atoms with E-state index in [1.165, 1.54) is 0 Å². The maximum absolute atomic E-state index is 13.4. The summed E-state index contributed by atoms with van der Waals surface area (Å²) in [7, 11) is -4.25. The lowest BCUT2D eigenvalue weighted by molar-refractivity contribution is -0.384. The van der Waals surface area contributed by atoms with E-state index >= 15 is 0 Å². The Morgan fingerprint density at radius 1 is 1.05 bits per heavy atom. The molecule has 0 aromatic heterocycles. The minimum absolute atomic E-state index is 0.122. The molecule has 1 atom stereocenters. The molecule has 0 radical (unpaired) electrons. The fourth-order valence-electron chi connectivity index (χ4n) is 3.53. The molecule has 0 heterocycles. The van der Waals surface area contributed by atoms with E-state index < -0.39 is 26.9 Å². The molecule has 0 fully saturated rings. The third-order valence-corrected chi connectivity index (χ3v) is 6.66. The van der Waals surface area contributed by atoms with Crippen molar-refractivity contribution in [3.8, 4) is 11.5 Å². The van der Waals surface area contributed by atoms with Gasteiger partial charge in [-0.05, 0) is 74.9 Å². The van der Waals surface area contributed by atoms with Gasteiger partial charge in [0.05, 0.1) is 22.5 Å². The molecule has 212 valence electrons. The van der Waals surface area contributed by atoms with Gasteiger partial charge in [-0.25, -0.2) is 8.42 Å². The van der Waals surface area contributed by atoms with Gasteiger partial charge in [-0.3, -0.25) is 25.7 Å². The van der Waals surface area contributed by atoms with Gasteiger partial charge < -0.3 is 20.5 Å². The summed E-state index contributed by atoms with van der Waals surface area (Å²) in [6.07, 6.45) is -0.129. The van der Waals surface area contributed by atoms with Crippen LogP contribution in [0.2, 0.25) is 0 Å². The predicted molar refractivity (Wildman–Crippen MR) is 149 cm³/mol. The highest BCUT2D eigenvalue weighted by molar-refractivity contribution is 7.89. The monoisotopic (exact) mass is 570 g/mol. The molecule has 0 spiro atoms. The number of nitrogens with two attached hydrogens (primary N) is 1. The summed E-state index contributed by atoms with van der Waals surface area (Å²) < 4.78 is 37.0. The number of non-ortho nitro benzene ring substituents is 1. The number of nitro benzene ring substituents is 1. The normalized spacial score (nSPS) is 11.9. The van der Waals surface area contributed by atoms with Crippen LogP contribution in [0.25, 0.3) is 0 Å². The van der Waals surface area contributed by atoms with Crippen molar-refractivity contribution in [2.24, 2.45) is 5.73 Å². The zero-order valence-electron chi connectivity index (χ0n) is 22.0. The van der Waals surface area contributed by atoms with E-state index in [4.69, 9.17) is 20.6 Å². The molecule has 0 aliphatic rings. The average molecular weight is 571 g/mol. The first-order valence-electron chi connectivity index (χ1n) is 12.1.